The summed E-state index contributed by atoms with van der Waals surface area (Å²) < 4.78 is 5.83. The van der Waals surface area contributed by atoms with E-state index in [1.54, 1.807) is 6.33 Å². The predicted octanol–water partition coefficient (Wildman–Crippen LogP) is 5.19. The second kappa shape index (κ2) is 12.2. The van der Waals surface area contributed by atoms with E-state index in [0.717, 1.165) is 59.8 Å². The highest BCUT2D eigenvalue weighted by atomic mass is 16.7. The van der Waals surface area contributed by atoms with Gasteiger partial charge in [-0.1, -0.05) is 32.1 Å². The highest BCUT2D eigenvalue weighted by Crippen LogP contribution is 2.28. The fourth-order valence-corrected chi connectivity index (χ4v) is 4.31. The number of unbranched alkanes of at least 4 members (excludes halogenated alkanes) is 3. The lowest BCUT2D eigenvalue weighted by Crippen LogP contribution is -2.23. The molecule has 1 aromatic carbocycles. The summed E-state index contributed by atoms with van der Waals surface area (Å²) in [6, 6.07) is 10.3. The number of ether oxygens (including phenoxy) is 1. The molecule has 0 saturated heterocycles. The van der Waals surface area contributed by atoms with Crippen molar-refractivity contribution in [1.29, 1.82) is 0 Å². The van der Waals surface area contributed by atoms with Crippen molar-refractivity contribution >= 4 is 34.3 Å². The van der Waals surface area contributed by atoms with Gasteiger partial charge in [0, 0.05) is 24.2 Å². The summed E-state index contributed by atoms with van der Waals surface area (Å²) in [5.41, 5.74) is 2.77. The summed E-state index contributed by atoms with van der Waals surface area (Å²) in [7, 11) is 0. The molecule has 1 aliphatic carbocycles. The molecular weight excluding hydrogens is 432 g/mol. The molecule has 0 atom stereocenters. The van der Waals surface area contributed by atoms with E-state index in [4.69, 9.17) is 15.6 Å². The number of anilines is 3. The summed E-state index contributed by atoms with van der Waals surface area (Å²) in [5, 5.41) is 7.01. The maximum atomic E-state index is 11.0. The maximum absolute atomic E-state index is 11.0. The molecule has 2 aromatic heterocycles. The Kier molecular flexibility index (Phi) is 8.56. The van der Waals surface area contributed by atoms with Crippen LogP contribution in [-0.4, -0.2) is 33.6 Å². The lowest BCUT2D eigenvalue weighted by atomic mass is 9.95. The number of aromatic nitrogens is 3. The van der Waals surface area contributed by atoms with Gasteiger partial charge in [-0.15, -0.1) is 0 Å². The van der Waals surface area contributed by atoms with Gasteiger partial charge in [-0.05, 0) is 49.9 Å². The van der Waals surface area contributed by atoms with Crippen LogP contribution in [0.5, 0.6) is 5.75 Å². The number of nitrogens with one attached hydrogen (secondary N) is 3. The van der Waals surface area contributed by atoms with Crippen molar-refractivity contribution in [2.24, 2.45) is 5.90 Å². The fraction of sp³-hybridized carbons (Fsp3) is 0.480. The number of carbonyl (C=O) groups is 1. The Morgan fingerprint density at radius 3 is 2.68 bits per heavy atom. The Labute approximate surface area is 199 Å². The number of carbonyl (C=O) groups excluding carboxylic acids is 1. The first-order valence-electron chi connectivity index (χ1n) is 12.2. The summed E-state index contributed by atoms with van der Waals surface area (Å²) in [4.78, 5) is 27.6. The summed E-state index contributed by atoms with van der Waals surface area (Å²) in [6.45, 7) is 0.641. The van der Waals surface area contributed by atoms with E-state index < -0.39 is 0 Å². The molecule has 1 aliphatic rings. The largest absolute Gasteiger partial charge is 0.494 e. The fourth-order valence-electron chi connectivity index (χ4n) is 4.31. The standard InChI is InChI=1S/C25H34N6O3/c26-34-23(32)10-6-1-2-7-15-33-20-13-11-19(12-14-20)29-22-16-21-24(28-17-27-21)25(31-22)30-18-8-4-3-5-9-18/h11-14,16-18H,1-10,15,26H2,(H,27,28)(H2,29,30,31). The molecule has 0 aliphatic heterocycles. The van der Waals surface area contributed by atoms with E-state index in [1.165, 1.54) is 32.1 Å². The number of nitrogens with two attached hydrogens (primary N) is 1. The van der Waals surface area contributed by atoms with Crippen molar-refractivity contribution in [1.82, 2.24) is 15.0 Å². The smallest absolute Gasteiger partial charge is 0.324 e. The minimum atomic E-state index is -0.360. The van der Waals surface area contributed by atoms with Gasteiger partial charge >= 0.3 is 5.97 Å². The molecule has 9 heteroatoms. The Balaban J connectivity index is 1.27. The van der Waals surface area contributed by atoms with Gasteiger partial charge < -0.3 is 25.2 Å². The van der Waals surface area contributed by atoms with E-state index in [2.05, 4.69) is 25.4 Å². The highest BCUT2D eigenvalue weighted by Gasteiger charge is 2.16. The molecule has 1 fully saturated rings. The highest BCUT2D eigenvalue weighted by molar-refractivity contribution is 5.88. The first-order chi connectivity index (χ1) is 16.7. The SMILES string of the molecule is NOC(=O)CCCCCCOc1ccc(Nc2cc3[nH]cnc3c(NC3CCCCC3)n2)cc1. The number of rotatable bonds is 12. The zero-order valence-electron chi connectivity index (χ0n) is 19.5. The van der Waals surface area contributed by atoms with Gasteiger partial charge in [-0.2, -0.15) is 5.90 Å². The minimum absolute atomic E-state index is 0.360. The Bertz CT molecular complexity index is 1050. The van der Waals surface area contributed by atoms with Crippen LogP contribution in [-0.2, 0) is 9.63 Å². The number of fused-ring (bicyclic) bond motifs is 1. The lowest BCUT2D eigenvalue weighted by Gasteiger charge is -2.23. The van der Waals surface area contributed by atoms with Crippen LogP contribution in [0.25, 0.3) is 11.0 Å². The third-order valence-electron chi connectivity index (χ3n) is 6.15. The second-order valence-corrected chi connectivity index (χ2v) is 8.79. The summed E-state index contributed by atoms with van der Waals surface area (Å²) >= 11 is 0. The van der Waals surface area contributed by atoms with E-state index >= 15 is 0 Å². The van der Waals surface area contributed by atoms with Crippen molar-refractivity contribution in [3.8, 4) is 5.75 Å². The molecule has 0 spiro atoms. The third kappa shape index (κ3) is 6.84. The second-order valence-electron chi connectivity index (χ2n) is 8.79. The molecule has 0 unspecified atom stereocenters. The monoisotopic (exact) mass is 466 g/mol. The molecule has 0 amide bonds. The van der Waals surface area contributed by atoms with Crippen molar-refractivity contribution < 1.29 is 14.4 Å². The van der Waals surface area contributed by atoms with Gasteiger partial charge in [-0.25, -0.2) is 9.97 Å². The van der Waals surface area contributed by atoms with Crippen LogP contribution in [0.2, 0.25) is 0 Å². The average molecular weight is 467 g/mol. The van der Waals surface area contributed by atoms with Gasteiger partial charge in [0.1, 0.15) is 17.1 Å². The van der Waals surface area contributed by atoms with Gasteiger partial charge in [0.05, 0.1) is 18.5 Å². The molecule has 4 rings (SSSR count). The molecule has 34 heavy (non-hydrogen) atoms. The number of imidazole rings is 1. The number of pyridine rings is 1. The normalized spacial score (nSPS) is 14.1. The van der Waals surface area contributed by atoms with E-state index in [-0.39, 0.29) is 5.97 Å². The first kappa shape index (κ1) is 23.8. The molecule has 5 N–H and O–H groups in total. The zero-order valence-corrected chi connectivity index (χ0v) is 19.5. The average Bonchev–Trinajstić information content (AvgIpc) is 3.34. The first-order valence-corrected chi connectivity index (χ1v) is 12.2. The topological polar surface area (TPSA) is 127 Å². The lowest BCUT2D eigenvalue weighted by molar-refractivity contribution is -0.144. The van der Waals surface area contributed by atoms with Gasteiger partial charge in [0.25, 0.3) is 0 Å². The minimum Gasteiger partial charge on any atom is -0.494 e. The maximum Gasteiger partial charge on any atom is 0.324 e. The molecular formula is C25H34N6O3. The van der Waals surface area contributed by atoms with E-state index in [9.17, 15) is 4.79 Å². The molecule has 0 bridgehead atoms. The van der Waals surface area contributed by atoms with E-state index in [1.807, 2.05) is 30.3 Å². The Morgan fingerprint density at radius 1 is 1.09 bits per heavy atom. The Hall–Kier alpha value is -3.33. The number of hydrogen-bond donors (Lipinski definition) is 4. The van der Waals surface area contributed by atoms with Crippen LogP contribution in [0.3, 0.4) is 0 Å². The van der Waals surface area contributed by atoms with Crippen LogP contribution in [0.15, 0.2) is 36.7 Å². The molecule has 1 saturated carbocycles. The zero-order chi connectivity index (χ0) is 23.6. The number of H-pyrrole nitrogens is 1. The van der Waals surface area contributed by atoms with Crippen LogP contribution in [0.1, 0.15) is 64.2 Å². The number of hydrogen-bond acceptors (Lipinski definition) is 8. The van der Waals surface area contributed by atoms with Crippen molar-refractivity contribution in [2.45, 2.75) is 70.3 Å². The Morgan fingerprint density at radius 2 is 1.88 bits per heavy atom. The molecule has 3 aromatic rings. The van der Waals surface area contributed by atoms with Crippen molar-refractivity contribution in [3.05, 3.63) is 36.7 Å². The van der Waals surface area contributed by atoms with Crippen LogP contribution < -0.4 is 21.3 Å². The van der Waals surface area contributed by atoms with Crippen LogP contribution >= 0.6 is 0 Å². The molecule has 182 valence electrons. The van der Waals surface area contributed by atoms with Crippen LogP contribution in [0, 0.1) is 0 Å². The number of aromatic amines is 1. The van der Waals surface area contributed by atoms with Crippen molar-refractivity contribution in [3.63, 3.8) is 0 Å². The van der Waals surface area contributed by atoms with Crippen LogP contribution in [0.4, 0.5) is 17.3 Å². The molecule has 9 nitrogen and oxygen atoms in total. The molecule has 2 heterocycles. The number of benzene rings is 1. The quantitative estimate of drug-likeness (QED) is 0.212. The van der Waals surface area contributed by atoms with E-state index in [0.29, 0.717) is 19.1 Å². The summed E-state index contributed by atoms with van der Waals surface area (Å²) in [5.74, 6) is 6.89. The predicted molar refractivity (Wildman–Crippen MR) is 133 cm³/mol. The van der Waals surface area contributed by atoms with Gasteiger partial charge in [0.2, 0.25) is 0 Å². The van der Waals surface area contributed by atoms with Gasteiger partial charge in [0.15, 0.2) is 5.82 Å². The van der Waals surface area contributed by atoms with Gasteiger partial charge in [-0.3, -0.25) is 4.79 Å². The van der Waals surface area contributed by atoms with Crippen molar-refractivity contribution in [2.75, 3.05) is 17.2 Å². The third-order valence-corrected chi connectivity index (χ3v) is 6.15. The summed E-state index contributed by atoms with van der Waals surface area (Å²) in [6.07, 6.45) is 11.9. The molecule has 0 radical (unpaired) electrons. The number of nitrogens with zero attached hydrogens (tertiary/aromatic N) is 2.